The van der Waals surface area contributed by atoms with E-state index in [0.29, 0.717) is 18.8 Å². The zero-order valence-electron chi connectivity index (χ0n) is 10.1. The van der Waals surface area contributed by atoms with E-state index in [0.717, 1.165) is 11.4 Å². The second-order valence-electron chi connectivity index (χ2n) is 3.90. The van der Waals surface area contributed by atoms with Crippen LogP contribution in [0.2, 0.25) is 0 Å². The lowest BCUT2D eigenvalue weighted by Gasteiger charge is -2.02. The molecule has 0 amide bonds. The van der Waals surface area contributed by atoms with Crippen molar-refractivity contribution in [1.29, 1.82) is 0 Å². The van der Waals surface area contributed by atoms with Gasteiger partial charge in [-0.2, -0.15) is 0 Å². The molecule has 1 aromatic heterocycles. The highest BCUT2D eigenvalue weighted by Crippen LogP contribution is 2.05. The normalized spacial score (nSPS) is 10.5. The topological polar surface area (TPSA) is 47.8 Å². The van der Waals surface area contributed by atoms with Gasteiger partial charge in [0.1, 0.15) is 5.82 Å². The van der Waals surface area contributed by atoms with Crippen LogP contribution in [0.3, 0.4) is 0 Å². The van der Waals surface area contributed by atoms with Crippen molar-refractivity contribution in [3.63, 3.8) is 0 Å². The van der Waals surface area contributed by atoms with Gasteiger partial charge in [0.05, 0.1) is 6.54 Å². The molecule has 0 N–H and O–H groups in total. The first-order chi connectivity index (χ1) is 8.20. The van der Waals surface area contributed by atoms with E-state index in [1.807, 2.05) is 44.2 Å². The largest absolute Gasteiger partial charge is 0.291 e. The predicted molar refractivity (Wildman–Crippen MR) is 64.9 cm³/mol. The first kappa shape index (κ1) is 11.5. The van der Waals surface area contributed by atoms with Gasteiger partial charge in [0, 0.05) is 6.42 Å². The number of carbonyl (C=O) groups is 1. The molecule has 17 heavy (non-hydrogen) atoms. The number of rotatable bonds is 4. The van der Waals surface area contributed by atoms with Crippen molar-refractivity contribution in [2.45, 2.75) is 26.8 Å². The Morgan fingerprint density at radius 1 is 1.29 bits per heavy atom. The van der Waals surface area contributed by atoms with Crippen molar-refractivity contribution in [2.24, 2.45) is 0 Å². The fourth-order valence-electron chi connectivity index (χ4n) is 1.60. The molecule has 0 spiro atoms. The molecule has 4 nitrogen and oxygen atoms in total. The third-order valence-corrected chi connectivity index (χ3v) is 2.60. The average Bonchev–Trinajstić information content (AvgIpc) is 2.71. The van der Waals surface area contributed by atoms with Crippen LogP contribution in [-0.4, -0.2) is 20.5 Å². The molecule has 88 valence electrons. The Labute approximate surface area is 100 Å². The molecule has 4 heteroatoms. The number of ketones is 1. The highest BCUT2D eigenvalue weighted by atomic mass is 16.1. The average molecular weight is 229 g/mol. The molecule has 0 fully saturated rings. The molecule has 0 aliphatic heterocycles. The summed E-state index contributed by atoms with van der Waals surface area (Å²) in [5.41, 5.74) is 1.15. The van der Waals surface area contributed by atoms with Crippen molar-refractivity contribution in [3.05, 3.63) is 47.5 Å². The van der Waals surface area contributed by atoms with E-state index in [4.69, 9.17) is 0 Å². The molecule has 0 saturated heterocycles. The maximum absolute atomic E-state index is 11.5. The number of benzene rings is 1. The van der Waals surface area contributed by atoms with Crippen LogP contribution in [-0.2, 0) is 6.54 Å². The van der Waals surface area contributed by atoms with Gasteiger partial charge in [-0.25, -0.2) is 9.67 Å². The van der Waals surface area contributed by atoms with Crippen LogP contribution >= 0.6 is 0 Å². The van der Waals surface area contributed by atoms with Gasteiger partial charge in [-0.1, -0.05) is 37.3 Å². The van der Waals surface area contributed by atoms with Crippen molar-refractivity contribution >= 4 is 5.78 Å². The zero-order chi connectivity index (χ0) is 12.3. The van der Waals surface area contributed by atoms with Crippen molar-refractivity contribution in [3.8, 4) is 0 Å². The summed E-state index contributed by atoms with van der Waals surface area (Å²) in [4.78, 5) is 15.7. The van der Waals surface area contributed by atoms with Crippen LogP contribution in [0.25, 0.3) is 0 Å². The number of carbonyl (C=O) groups excluding carboxylic acids is 1. The van der Waals surface area contributed by atoms with Crippen LogP contribution in [0.15, 0.2) is 30.3 Å². The van der Waals surface area contributed by atoms with Gasteiger partial charge in [0.2, 0.25) is 11.6 Å². The maximum Gasteiger partial charge on any atom is 0.217 e. The fourth-order valence-corrected chi connectivity index (χ4v) is 1.60. The van der Waals surface area contributed by atoms with Gasteiger partial charge in [0.25, 0.3) is 0 Å². The van der Waals surface area contributed by atoms with Crippen LogP contribution in [0, 0.1) is 6.92 Å². The van der Waals surface area contributed by atoms with Gasteiger partial charge < -0.3 is 0 Å². The van der Waals surface area contributed by atoms with Crippen molar-refractivity contribution < 1.29 is 4.79 Å². The molecule has 2 aromatic rings. The van der Waals surface area contributed by atoms with Gasteiger partial charge in [0.15, 0.2) is 0 Å². The summed E-state index contributed by atoms with van der Waals surface area (Å²) in [7, 11) is 0. The van der Waals surface area contributed by atoms with E-state index in [2.05, 4.69) is 10.1 Å². The summed E-state index contributed by atoms with van der Waals surface area (Å²) in [5, 5.41) is 4.23. The smallest absolute Gasteiger partial charge is 0.217 e. The van der Waals surface area contributed by atoms with Gasteiger partial charge in [-0.05, 0) is 12.5 Å². The minimum Gasteiger partial charge on any atom is -0.291 e. The molecule has 0 aliphatic carbocycles. The lowest BCUT2D eigenvalue weighted by Crippen LogP contribution is -2.05. The van der Waals surface area contributed by atoms with Crippen LogP contribution in [0.1, 0.15) is 35.4 Å². The van der Waals surface area contributed by atoms with E-state index >= 15 is 0 Å². The number of aryl methyl sites for hydroxylation is 1. The van der Waals surface area contributed by atoms with E-state index in [1.54, 1.807) is 4.68 Å². The molecular formula is C13H15N3O. The Morgan fingerprint density at radius 2 is 2.00 bits per heavy atom. The summed E-state index contributed by atoms with van der Waals surface area (Å²) in [6.07, 6.45) is 0.439. The third kappa shape index (κ3) is 2.58. The highest BCUT2D eigenvalue weighted by molar-refractivity contribution is 5.92. The second kappa shape index (κ2) is 4.91. The quantitative estimate of drug-likeness (QED) is 0.755. The Morgan fingerprint density at radius 3 is 2.65 bits per heavy atom. The number of nitrogens with zero attached hydrogens (tertiary/aromatic N) is 3. The Balaban J connectivity index is 2.22. The Kier molecular flexibility index (Phi) is 3.32. The molecule has 0 bridgehead atoms. The number of aromatic nitrogens is 3. The first-order valence-corrected chi connectivity index (χ1v) is 5.69. The maximum atomic E-state index is 11.5. The van der Waals surface area contributed by atoms with Gasteiger partial charge in [-0.15, -0.1) is 5.10 Å². The standard InChI is InChI=1S/C13H15N3O/c1-3-12(17)13-14-10(2)16(15-13)9-11-7-5-4-6-8-11/h4-8H,3,9H2,1-2H3. The van der Waals surface area contributed by atoms with Crippen LogP contribution < -0.4 is 0 Å². The summed E-state index contributed by atoms with van der Waals surface area (Å²) in [6.45, 7) is 4.33. The second-order valence-corrected chi connectivity index (χ2v) is 3.90. The fraction of sp³-hybridized carbons (Fsp3) is 0.308. The minimum absolute atomic E-state index is 0.0140. The van der Waals surface area contributed by atoms with E-state index in [9.17, 15) is 4.79 Å². The number of hydrogen-bond donors (Lipinski definition) is 0. The van der Waals surface area contributed by atoms with Gasteiger partial charge in [-0.3, -0.25) is 4.79 Å². The third-order valence-electron chi connectivity index (χ3n) is 2.60. The van der Waals surface area contributed by atoms with E-state index in [1.165, 1.54) is 0 Å². The number of hydrogen-bond acceptors (Lipinski definition) is 3. The molecule has 0 radical (unpaired) electrons. The zero-order valence-corrected chi connectivity index (χ0v) is 10.1. The van der Waals surface area contributed by atoms with Crippen molar-refractivity contribution in [2.75, 3.05) is 0 Å². The molecule has 1 aromatic carbocycles. The van der Waals surface area contributed by atoms with Crippen LogP contribution in [0.5, 0.6) is 0 Å². The van der Waals surface area contributed by atoms with Crippen LogP contribution in [0.4, 0.5) is 0 Å². The lowest BCUT2D eigenvalue weighted by atomic mass is 10.2. The summed E-state index contributed by atoms with van der Waals surface area (Å²) in [5.74, 6) is 1.08. The first-order valence-electron chi connectivity index (χ1n) is 5.69. The molecule has 0 unspecified atom stereocenters. The summed E-state index contributed by atoms with van der Waals surface area (Å²) in [6, 6.07) is 10.0. The summed E-state index contributed by atoms with van der Waals surface area (Å²) < 4.78 is 1.76. The Hall–Kier alpha value is -1.97. The highest BCUT2D eigenvalue weighted by Gasteiger charge is 2.12. The molecular weight excluding hydrogens is 214 g/mol. The number of Topliss-reactive ketones (excluding diaryl/α,β-unsaturated/α-hetero) is 1. The lowest BCUT2D eigenvalue weighted by molar-refractivity contribution is 0.0978. The van der Waals surface area contributed by atoms with E-state index in [-0.39, 0.29) is 5.78 Å². The molecule has 0 saturated carbocycles. The monoisotopic (exact) mass is 229 g/mol. The molecule has 1 heterocycles. The van der Waals surface area contributed by atoms with E-state index < -0.39 is 0 Å². The minimum atomic E-state index is -0.0140. The molecule has 0 aliphatic rings. The SMILES string of the molecule is CCC(=O)c1nc(C)n(Cc2ccccc2)n1. The molecule has 2 rings (SSSR count). The Bertz CT molecular complexity index is 517. The summed E-state index contributed by atoms with van der Waals surface area (Å²) >= 11 is 0. The predicted octanol–water partition coefficient (Wildman–Crippen LogP) is 2.23. The van der Waals surface area contributed by atoms with Crippen molar-refractivity contribution in [1.82, 2.24) is 14.8 Å². The molecule has 0 atom stereocenters. The van der Waals surface area contributed by atoms with Gasteiger partial charge >= 0.3 is 0 Å².